The zero-order valence-electron chi connectivity index (χ0n) is 9.16. The van der Waals surface area contributed by atoms with Gasteiger partial charge in [0.2, 0.25) is 5.88 Å². The first-order valence-corrected chi connectivity index (χ1v) is 6.63. The third kappa shape index (κ3) is 2.95. The highest BCUT2D eigenvalue weighted by Gasteiger charge is 2.10. The van der Waals surface area contributed by atoms with Crippen LogP contribution in [0.25, 0.3) is 0 Å². The Hall–Kier alpha value is -0.810. The molecular weight excluding hydrogens is 339 g/mol. The predicted molar refractivity (Wildman–Crippen MR) is 76.4 cm³/mol. The summed E-state index contributed by atoms with van der Waals surface area (Å²) in [4.78, 5) is 4.16. The lowest BCUT2D eigenvalue weighted by Crippen LogP contribution is -2.01. The lowest BCUT2D eigenvalue weighted by Gasteiger charge is -2.10. The van der Waals surface area contributed by atoms with Crippen LogP contribution in [0.3, 0.4) is 0 Å². The van der Waals surface area contributed by atoms with Gasteiger partial charge in [0.1, 0.15) is 10.8 Å². The number of nitrogens with zero attached hydrogens (tertiary/aromatic N) is 1. The van der Waals surface area contributed by atoms with E-state index in [-0.39, 0.29) is 0 Å². The maximum atomic E-state index is 6.04. The first kappa shape index (κ1) is 13.6. The summed E-state index contributed by atoms with van der Waals surface area (Å²) in [6, 6.07) is 7.01. The molecule has 0 atom stereocenters. The van der Waals surface area contributed by atoms with E-state index in [0.29, 0.717) is 28.2 Å². The Morgan fingerprint density at radius 3 is 2.83 bits per heavy atom. The number of aromatic nitrogens is 1. The molecule has 6 heteroatoms. The normalized spacial score (nSPS) is 10.4. The van der Waals surface area contributed by atoms with Crippen LogP contribution in [0.5, 0.6) is 11.6 Å². The van der Waals surface area contributed by atoms with Crippen molar-refractivity contribution in [3.63, 3.8) is 0 Å². The van der Waals surface area contributed by atoms with Gasteiger partial charge in [0.05, 0.1) is 5.02 Å². The number of ether oxygens (including phenoxy) is 1. The van der Waals surface area contributed by atoms with Crippen molar-refractivity contribution in [2.75, 3.05) is 0 Å². The van der Waals surface area contributed by atoms with E-state index in [4.69, 9.17) is 33.7 Å². The number of hydrogen-bond donors (Lipinski definition) is 1. The molecule has 3 nitrogen and oxygen atoms in total. The van der Waals surface area contributed by atoms with Crippen LogP contribution in [0.1, 0.15) is 5.56 Å². The summed E-state index contributed by atoms with van der Waals surface area (Å²) in [5.41, 5.74) is 6.42. The number of hydrogen-bond acceptors (Lipinski definition) is 3. The molecule has 1 aromatic heterocycles. The van der Waals surface area contributed by atoms with Gasteiger partial charge in [0.15, 0.2) is 0 Å². The van der Waals surface area contributed by atoms with Gasteiger partial charge in [-0.3, -0.25) is 0 Å². The smallest absolute Gasteiger partial charge is 0.223 e. The quantitative estimate of drug-likeness (QED) is 0.894. The third-order valence-electron chi connectivity index (χ3n) is 2.23. The van der Waals surface area contributed by atoms with Gasteiger partial charge in [-0.25, -0.2) is 4.98 Å². The summed E-state index contributed by atoms with van der Waals surface area (Å²) < 4.78 is 6.48. The first-order valence-electron chi connectivity index (χ1n) is 5.08. The predicted octanol–water partition coefficient (Wildman–Crippen LogP) is 4.40. The van der Waals surface area contributed by atoms with Crippen LogP contribution in [0.15, 0.2) is 34.9 Å². The minimum atomic E-state index is 0.319. The summed E-state index contributed by atoms with van der Waals surface area (Å²) >= 11 is 15.3. The molecule has 2 aromatic rings. The average Bonchev–Trinajstić information content (AvgIpc) is 2.37. The van der Waals surface area contributed by atoms with Crippen LogP contribution in [0.4, 0.5) is 0 Å². The maximum absolute atomic E-state index is 6.04. The molecule has 0 aliphatic heterocycles. The fourth-order valence-electron chi connectivity index (χ4n) is 1.37. The van der Waals surface area contributed by atoms with E-state index in [1.165, 1.54) is 0 Å². The molecule has 1 aromatic carbocycles. The maximum Gasteiger partial charge on any atom is 0.223 e. The van der Waals surface area contributed by atoms with Crippen molar-refractivity contribution >= 4 is 39.1 Å². The minimum Gasteiger partial charge on any atom is -0.437 e. The Morgan fingerprint density at radius 2 is 2.11 bits per heavy atom. The number of nitrogens with two attached hydrogens (primary N) is 1. The average molecular weight is 348 g/mol. The molecule has 2 N–H and O–H groups in total. The van der Waals surface area contributed by atoms with Crippen LogP contribution in [0.2, 0.25) is 10.0 Å². The lowest BCUT2D eigenvalue weighted by atomic mass is 10.3. The SMILES string of the molecule is NCc1cc(Br)cnc1Oc1cccc(Cl)c1Cl. The third-order valence-corrected chi connectivity index (χ3v) is 3.47. The molecule has 1 heterocycles. The molecule has 18 heavy (non-hydrogen) atoms. The molecule has 2 rings (SSSR count). The van der Waals surface area contributed by atoms with Gasteiger partial charge >= 0.3 is 0 Å². The topological polar surface area (TPSA) is 48.1 Å². The first-order chi connectivity index (χ1) is 8.61. The zero-order valence-corrected chi connectivity index (χ0v) is 12.3. The zero-order chi connectivity index (χ0) is 13.1. The van der Waals surface area contributed by atoms with Crippen molar-refractivity contribution in [2.45, 2.75) is 6.54 Å². The molecule has 0 spiro atoms. The number of pyridine rings is 1. The molecule has 0 aliphatic rings. The minimum absolute atomic E-state index is 0.319. The highest BCUT2D eigenvalue weighted by atomic mass is 79.9. The van der Waals surface area contributed by atoms with E-state index >= 15 is 0 Å². The second-order valence-corrected chi connectivity index (χ2v) is 5.18. The Labute approximate surface area is 123 Å². The van der Waals surface area contributed by atoms with Crippen molar-refractivity contribution in [1.29, 1.82) is 0 Å². The van der Waals surface area contributed by atoms with E-state index in [1.54, 1.807) is 24.4 Å². The lowest BCUT2D eigenvalue weighted by molar-refractivity contribution is 0.456. The summed E-state index contributed by atoms with van der Waals surface area (Å²) in [7, 11) is 0. The summed E-state index contributed by atoms with van der Waals surface area (Å²) in [5, 5.41) is 0.785. The van der Waals surface area contributed by atoms with Gasteiger partial charge in [-0.1, -0.05) is 29.3 Å². The van der Waals surface area contributed by atoms with E-state index < -0.39 is 0 Å². The van der Waals surface area contributed by atoms with Crippen molar-refractivity contribution in [3.8, 4) is 11.6 Å². The molecule has 0 aliphatic carbocycles. The highest BCUT2D eigenvalue weighted by molar-refractivity contribution is 9.10. The molecule has 0 bridgehead atoms. The van der Waals surface area contributed by atoms with Gasteiger partial charge in [-0.05, 0) is 34.1 Å². The number of rotatable bonds is 3. The number of halogens is 3. The standard InChI is InChI=1S/C12H9BrCl2N2O/c13-8-4-7(5-16)12(17-6-8)18-10-3-1-2-9(14)11(10)15/h1-4,6H,5,16H2. The van der Waals surface area contributed by atoms with E-state index in [1.807, 2.05) is 6.07 Å². The summed E-state index contributed by atoms with van der Waals surface area (Å²) in [5.74, 6) is 0.874. The molecule has 0 unspecified atom stereocenters. The van der Waals surface area contributed by atoms with Crippen LogP contribution in [-0.2, 0) is 6.54 Å². The molecular formula is C12H9BrCl2N2O. The Bertz CT molecular complexity index is 578. The van der Waals surface area contributed by atoms with E-state index in [9.17, 15) is 0 Å². The fourth-order valence-corrected chi connectivity index (χ4v) is 2.08. The Kier molecular flexibility index (Phi) is 4.45. The second-order valence-electron chi connectivity index (χ2n) is 3.48. The largest absolute Gasteiger partial charge is 0.437 e. The van der Waals surface area contributed by atoms with Gasteiger partial charge in [-0.2, -0.15) is 0 Å². The molecule has 0 amide bonds. The van der Waals surface area contributed by atoms with Crippen molar-refractivity contribution in [3.05, 3.63) is 50.5 Å². The van der Waals surface area contributed by atoms with E-state index in [2.05, 4.69) is 20.9 Å². The molecule has 0 saturated heterocycles. The van der Waals surface area contributed by atoms with Crippen LogP contribution >= 0.6 is 39.1 Å². The number of benzene rings is 1. The summed E-state index contributed by atoms with van der Waals surface area (Å²) in [6.45, 7) is 0.319. The Morgan fingerprint density at radius 1 is 1.33 bits per heavy atom. The van der Waals surface area contributed by atoms with Crippen LogP contribution < -0.4 is 10.5 Å². The fraction of sp³-hybridized carbons (Fsp3) is 0.0833. The van der Waals surface area contributed by atoms with Crippen LogP contribution in [0, 0.1) is 0 Å². The second kappa shape index (κ2) is 5.89. The highest BCUT2D eigenvalue weighted by Crippen LogP contribution is 2.35. The van der Waals surface area contributed by atoms with Gasteiger partial charge < -0.3 is 10.5 Å². The van der Waals surface area contributed by atoms with Gasteiger partial charge in [0, 0.05) is 22.8 Å². The molecule has 94 valence electrons. The van der Waals surface area contributed by atoms with Crippen molar-refractivity contribution in [1.82, 2.24) is 4.98 Å². The van der Waals surface area contributed by atoms with Crippen molar-refractivity contribution < 1.29 is 4.74 Å². The summed E-state index contributed by atoms with van der Waals surface area (Å²) in [6.07, 6.45) is 1.63. The van der Waals surface area contributed by atoms with Crippen LogP contribution in [-0.4, -0.2) is 4.98 Å². The molecule has 0 radical (unpaired) electrons. The monoisotopic (exact) mass is 346 g/mol. The van der Waals surface area contributed by atoms with Crippen molar-refractivity contribution in [2.24, 2.45) is 5.73 Å². The van der Waals surface area contributed by atoms with Gasteiger partial charge in [-0.15, -0.1) is 0 Å². The van der Waals surface area contributed by atoms with Gasteiger partial charge in [0.25, 0.3) is 0 Å². The Balaban J connectivity index is 2.37. The molecule has 0 fully saturated rings. The molecule has 0 saturated carbocycles. The van der Waals surface area contributed by atoms with E-state index in [0.717, 1.165) is 10.0 Å².